The predicted octanol–water partition coefficient (Wildman–Crippen LogP) is -0.394. The largest absolute Gasteiger partial charge is 0.504 e. The molecule has 0 fully saturated rings. The minimum absolute atomic E-state index is 0.104. The normalized spacial score (nSPS) is 11.4. The van der Waals surface area contributed by atoms with Crippen LogP contribution in [0.2, 0.25) is 0 Å². The van der Waals surface area contributed by atoms with Crippen LogP contribution in [0.3, 0.4) is 0 Å². The van der Waals surface area contributed by atoms with E-state index in [9.17, 15) is 19.5 Å². The molecule has 0 aliphatic rings. The third-order valence-corrected chi connectivity index (χ3v) is 2.54. The molecule has 0 aliphatic heterocycles. The first-order chi connectivity index (χ1) is 9.90. The third-order valence-electron chi connectivity index (χ3n) is 2.54. The number of rotatable bonds is 8. The molecule has 0 unspecified atom stereocenters. The lowest BCUT2D eigenvalue weighted by Gasteiger charge is -2.14. The van der Waals surface area contributed by atoms with Gasteiger partial charge in [-0.15, -0.1) is 0 Å². The van der Waals surface area contributed by atoms with Crippen molar-refractivity contribution >= 4 is 17.8 Å². The van der Waals surface area contributed by atoms with Crippen LogP contribution in [0.25, 0.3) is 0 Å². The molecule has 1 rings (SSSR count). The molecule has 0 saturated heterocycles. The van der Waals surface area contributed by atoms with Crippen molar-refractivity contribution in [3.05, 3.63) is 24.3 Å². The van der Waals surface area contributed by atoms with E-state index in [2.05, 4.69) is 5.32 Å². The average molecular weight is 296 g/mol. The average Bonchev–Trinajstić information content (AvgIpc) is 2.42. The van der Waals surface area contributed by atoms with Gasteiger partial charge in [-0.1, -0.05) is 12.1 Å². The van der Waals surface area contributed by atoms with Crippen LogP contribution in [0.1, 0.15) is 12.8 Å². The lowest BCUT2D eigenvalue weighted by atomic mass is 10.1. The highest BCUT2D eigenvalue weighted by Gasteiger charge is 2.20. The van der Waals surface area contributed by atoms with Crippen LogP contribution in [0.4, 0.5) is 0 Å². The Kier molecular flexibility index (Phi) is 5.99. The van der Waals surface area contributed by atoms with Crippen LogP contribution in [-0.4, -0.2) is 40.6 Å². The second kappa shape index (κ2) is 7.73. The van der Waals surface area contributed by atoms with Gasteiger partial charge in [0.1, 0.15) is 6.04 Å². The van der Waals surface area contributed by atoms with Crippen molar-refractivity contribution in [2.24, 2.45) is 5.73 Å². The lowest BCUT2D eigenvalue weighted by Crippen LogP contribution is -2.43. The fourth-order valence-electron chi connectivity index (χ4n) is 1.50. The Labute approximate surface area is 120 Å². The topological polar surface area (TPSA) is 139 Å². The Morgan fingerprint density at radius 1 is 1.29 bits per heavy atom. The minimum Gasteiger partial charge on any atom is -0.504 e. The molecule has 8 heteroatoms. The van der Waals surface area contributed by atoms with E-state index in [1.165, 1.54) is 12.1 Å². The monoisotopic (exact) mass is 296 g/mol. The molecule has 0 radical (unpaired) electrons. The fourth-order valence-corrected chi connectivity index (χ4v) is 1.50. The van der Waals surface area contributed by atoms with Crippen LogP contribution >= 0.6 is 0 Å². The summed E-state index contributed by atoms with van der Waals surface area (Å²) in [6.07, 6.45) is -0.259. The molecule has 1 aromatic carbocycles. The lowest BCUT2D eigenvalue weighted by molar-refractivity contribution is -0.142. The van der Waals surface area contributed by atoms with Crippen molar-refractivity contribution in [2.45, 2.75) is 18.9 Å². The van der Waals surface area contributed by atoms with E-state index in [-0.39, 0.29) is 24.3 Å². The number of amides is 2. The molecule has 0 aliphatic carbocycles. The molecule has 114 valence electrons. The van der Waals surface area contributed by atoms with Crippen molar-refractivity contribution in [3.8, 4) is 11.5 Å². The number of ether oxygens (including phenoxy) is 1. The molecule has 0 heterocycles. The number of benzene rings is 1. The summed E-state index contributed by atoms with van der Waals surface area (Å²) in [5, 5.41) is 20.6. The summed E-state index contributed by atoms with van der Waals surface area (Å²) in [4.78, 5) is 33.1. The number of nitrogens with one attached hydrogen (secondary N) is 1. The third kappa shape index (κ3) is 5.81. The molecular formula is C13H16N2O6. The van der Waals surface area contributed by atoms with E-state index in [1.807, 2.05) is 0 Å². The molecule has 1 aromatic rings. The van der Waals surface area contributed by atoms with Crippen LogP contribution in [0, 0.1) is 0 Å². The number of phenolic OH excluding ortho intramolecular Hbond substituents is 1. The quantitative estimate of drug-likeness (QED) is 0.515. The molecule has 2 amide bonds. The first-order valence-electron chi connectivity index (χ1n) is 6.11. The van der Waals surface area contributed by atoms with Gasteiger partial charge in [0.15, 0.2) is 18.1 Å². The number of nitrogens with two attached hydrogens (primary N) is 1. The summed E-state index contributed by atoms with van der Waals surface area (Å²) < 4.78 is 5.06. The molecule has 0 saturated carbocycles. The highest BCUT2D eigenvalue weighted by Crippen LogP contribution is 2.23. The van der Waals surface area contributed by atoms with Gasteiger partial charge in [-0.3, -0.25) is 9.59 Å². The number of primary amides is 1. The van der Waals surface area contributed by atoms with Gasteiger partial charge in [0.05, 0.1) is 0 Å². The summed E-state index contributed by atoms with van der Waals surface area (Å²) in [6.45, 7) is -0.460. The number of hydrogen-bond acceptors (Lipinski definition) is 5. The Morgan fingerprint density at radius 3 is 2.52 bits per heavy atom. The van der Waals surface area contributed by atoms with Gasteiger partial charge in [-0.2, -0.15) is 0 Å². The Balaban J connectivity index is 2.49. The summed E-state index contributed by atoms with van der Waals surface area (Å²) in [7, 11) is 0. The number of carboxylic acid groups (broad SMARTS) is 1. The summed E-state index contributed by atoms with van der Waals surface area (Å²) >= 11 is 0. The maximum Gasteiger partial charge on any atom is 0.326 e. The molecule has 0 spiro atoms. The van der Waals surface area contributed by atoms with E-state index in [1.54, 1.807) is 12.1 Å². The Bertz CT molecular complexity index is 531. The number of carboxylic acids is 1. The van der Waals surface area contributed by atoms with E-state index in [0.717, 1.165) is 0 Å². The predicted molar refractivity (Wildman–Crippen MR) is 71.6 cm³/mol. The number of carbonyl (C=O) groups excluding carboxylic acids is 2. The number of para-hydroxylation sites is 2. The van der Waals surface area contributed by atoms with Crippen molar-refractivity contribution in [3.63, 3.8) is 0 Å². The van der Waals surface area contributed by atoms with Gasteiger partial charge in [-0.25, -0.2) is 4.79 Å². The summed E-state index contributed by atoms with van der Waals surface area (Å²) in [5.74, 6) is -2.63. The van der Waals surface area contributed by atoms with Gasteiger partial charge < -0.3 is 26.0 Å². The van der Waals surface area contributed by atoms with Crippen LogP contribution in [0.15, 0.2) is 24.3 Å². The molecule has 0 bridgehead atoms. The zero-order valence-electron chi connectivity index (χ0n) is 11.1. The molecule has 5 N–H and O–H groups in total. The zero-order chi connectivity index (χ0) is 15.8. The first-order valence-corrected chi connectivity index (χ1v) is 6.11. The number of aliphatic carboxylic acids is 1. The maximum absolute atomic E-state index is 11.6. The molecule has 0 aromatic heterocycles. The Morgan fingerprint density at radius 2 is 1.95 bits per heavy atom. The van der Waals surface area contributed by atoms with Gasteiger partial charge >= 0.3 is 5.97 Å². The second-order valence-electron chi connectivity index (χ2n) is 4.22. The van der Waals surface area contributed by atoms with Gasteiger partial charge in [0.2, 0.25) is 5.91 Å². The SMILES string of the molecule is NC(=O)CC[C@H](NC(=O)COc1ccccc1O)C(=O)O. The van der Waals surface area contributed by atoms with E-state index in [4.69, 9.17) is 15.6 Å². The number of carbonyl (C=O) groups is 3. The highest BCUT2D eigenvalue weighted by atomic mass is 16.5. The fraction of sp³-hybridized carbons (Fsp3) is 0.308. The second-order valence-corrected chi connectivity index (χ2v) is 4.22. The van der Waals surface area contributed by atoms with Crippen LogP contribution < -0.4 is 15.8 Å². The maximum atomic E-state index is 11.6. The van der Waals surface area contributed by atoms with E-state index in [0.29, 0.717) is 0 Å². The number of aromatic hydroxyl groups is 1. The minimum atomic E-state index is -1.27. The van der Waals surface area contributed by atoms with E-state index < -0.39 is 30.4 Å². The number of phenols is 1. The Hall–Kier alpha value is -2.77. The van der Waals surface area contributed by atoms with Gasteiger partial charge in [-0.05, 0) is 18.6 Å². The van der Waals surface area contributed by atoms with Gasteiger partial charge in [0.25, 0.3) is 5.91 Å². The number of hydrogen-bond donors (Lipinski definition) is 4. The van der Waals surface area contributed by atoms with E-state index >= 15 is 0 Å². The smallest absolute Gasteiger partial charge is 0.326 e. The molecule has 1 atom stereocenters. The molecular weight excluding hydrogens is 280 g/mol. The van der Waals surface area contributed by atoms with Crippen molar-refractivity contribution < 1.29 is 29.3 Å². The standard InChI is InChI=1S/C13H16N2O6/c14-11(17)6-5-8(13(19)20)15-12(18)7-21-10-4-2-1-3-9(10)16/h1-4,8,16H,5-7H2,(H2,14,17)(H,15,18)(H,19,20)/t8-/m0/s1. The highest BCUT2D eigenvalue weighted by molar-refractivity contribution is 5.85. The van der Waals surface area contributed by atoms with Crippen LogP contribution in [-0.2, 0) is 14.4 Å². The summed E-state index contributed by atoms with van der Waals surface area (Å²) in [6, 6.07) is 4.83. The summed E-state index contributed by atoms with van der Waals surface area (Å²) in [5.41, 5.74) is 4.93. The van der Waals surface area contributed by atoms with Crippen molar-refractivity contribution in [1.29, 1.82) is 0 Å². The molecule has 21 heavy (non-hydrogen) atoms. The van der Waals surface area contributed by atoms with Crippen molar-refractivity contribution in [1.82, 2.24) is 5.32 Å². The first kappa shape index (κ1) is 16.3. The van der Waals surface area contributed by atoms with Gasteiger partial charge in [0, 0.05) is 6.42 Å². The van der Waals surface area contributed by atoms with Crippen molar-refractivity contribution in [2.75, 3.05) is 6.61 Å². The molecule has 8 nitrogen and oxygen atoms in total. The zero-order valence-corrected chi connectivity index (χ0v) is 11.1. The van der Waals surface area contributed by atoms with Crippen LogP contribution in [0.5, 0.6) is 11.5 Å².